The average Bonchev–Trinajstić information content (AvgIpc) is 2.46. The van der Waals surface area contributed by atoms with Gasteiger partial charge in [0.25, 0.3) is 0 Å². The van der Waals surface area contributed by atoms with E-state index in [0.29, 0.717) is 11.1 Å². The molecule has 0 atom stereocenters. The molecule has 0 bridgehead atoms. The lowest BCUT2D eigenvalue weighted by molar-refractivity contribution is 0.0699. The highest BCUT2D eigenvalue weighted by Gasteiger charge is 2.08. The Morgan fingerprint density at radius 2 is 2.08 bits per heavy atom. The smallest absolute Gasteiger partial charge is 0.337 e. The van der Waals surface area contributed by atoms with Crippen LogP contribution in [0, 0.1) is 0 Å². The normalized spacial score (nSPS) is 10.5. The molecule has 0 aromatic carbocycles. The summed E-state index contributed by atoms with van der Waals surface area (Å²) in [5.74, 6) is -0.902. The molecule has 2 heterocycles. The number of aromatic nitrogens is 1. The highest BCUT2D eigenvalue weighted by molar-refractivity contribution is 9.10. The number of hydrogen-bond donors (Lipinski definition) is 1. The lowest BCUT2D eigenvalue weighted by atomic mass is 10.2. The minimum Gasteiger partial charge on any atom is -0.478 e. The largest absolute Gasteiger partial charge is 0.478 e. The van der Waals surface area contributed by atoms with Crippen molar-refractivity contribution in [3.63, 3.8) is 0 Å². The van der Waals surface area contributed by atoms with Gasteiger partial charge in [0.15, 0.2) is 0 Å². The lowest BCUT2D eigenvalue weighted by Crippen LogP contribution is -1.94. The highest BCUT2D eigenvalue weighted by Crippen LogP contribution is 2.17. The van der Waals surface area contributed by atoms with Crippen molar-refractivity contribution in [1.82, 2.24) is 4.40 Å². The number of carbonyl (C=O) groups is 1. The third-order valence-electron chi connectivity index (χ3n) is 1.86. The van der Waals surface area contributed by atoms with E-state index < -0.39 is 5.97 Å². The zero-order chi connectivity index (χ0) is 9.42. The second-order valence-electron chi connectivity index (χ2n) is 2.67. The molecule has 13 heavy (non-hydrogen) atoms. The number of aromatic carboxylic acids is 1. The first-order valence-corrected chi connectivity index (χ1v) is 4.47. The first-order valence-electron chi connectivity index (χ1n) is 3.68. The number of rotatable bonds is 1. The van der Waals surface area contributed by atoms with E-state index in [0.717, 1.165) is 4.47 Å². The predicted molar refractivity (Wildman–Crippen MR) is 52.1 cm³/mol. The van der Waals surface area contributed by atoms with Crippen molar-refractivity contribution < 1.29 is 9.90 Å². The summed E-state index contributed by atoms with van der Waals surface area (Å²) in [6.07, 6.45) is 3.54. The van der Waals surface area contributed by atoms with Crippen molar-refractivity contribution >= 4 is 27.4 Å². The van der Waals surface area contributed by atoms with Gasteiger partial charge in [0, 0.05) is 16.9 Å². The number of nitrogens with zero attached hydrogens (tertiary/aromatic N) is 1. The molecule has 0 spiro atoms. The van der Waals surface area contributed by atoms with E-state index in [2.05, 4.69) is 15.9 Å². The topological polar surface area (TPSA) is 41.7 Å². The Labute approximate surface area is 82.7 Å². The molecule has 0 saturated carbocycles. The summed E-state index contributed by atoms with van der Waals surface area (Å²) in [5.41, 5.74) is 1.02. The van der Waals surface area contributed by atoms with E-state index in [1.54, 1.807) is 22.7 Å². The van der Waals surface area contributed by atoms with E-state index in [-0.39, 0.29) is 0 Å². The van der Waals surface area contributed by atoms with Crippen LogP contribution in [0.3, 0.4) is 0 Å². The van der Waals surface area contributed by atoms with Gasteiger partial charge >= 0.3 is 5.97 Å². The highest BCUT2D eigenvalue weighted by atomic mass is 79.9. The van der Waals surface area contributed by atoms with E-state index in [1.165, 1.54) is 0 Å². The number of carboxylic acid groups (broad SMARTS) is 1. The molecule has 0 saturated heterocycles. The molecule has 0 unspecified atom stereocenters. The summed E-state index contributed by atoms with van der Waals surface area (Å²) >= 11 is 3.29. The number of pyridine rings is 1. The van der Waals surface area contributed by atoms with E-state index in [1.807, 2.05) is 12.3 Å². The zero-order valence-corrected chi connectivity index (χ0v) is 8.15. The van der Waals surface area contributed by atoms with Crippen LogP contribution in [0.25, 0.3) is 5.52 Å². The Morgan fingerprint density at radius 3 is 2.77 bits per heavy atom. The number of hydrogen-bond acceptors (Lipinski definition) is 1. The molecule has 3 nitrogen and oxygen atoms in total. The van der Waals surface area contributed by atoms with Crippen molar-refractivity contribution in [2.75, 3.05) is 0 Å². The summed E-state index contributed by atoms with van der Waals surface area (Å²) in [6, 6.07) is 5.23. The summed E-state index contributed by atoms with van der Waals surface area (Å²) in [5, 5.41) is 8.83. The number of fused-ring (bicyclic) bond motifs is 1. The fourth-order valence-electron chi connectivity index (χ4n) is 1.25. The van der Waals surface area contributed by atoms with Gasteiger partial charge in [0.05, 0.1) is 11.1 Å². The van der Waals surface area contributed by atoms with Gasteiger partial charge in [-0.25, -0.2) is 4.79 Å². The van der Waals surface area contributed by atoms with Crippen LogP contribution in [0.1, 0.15) is 10.4 Å². The van der Waals surface area contributed by atoms with Gasteiger partial charge in [-0.3, -0.25) is 0 Å². The summed E-state index contributed by atoms with van der Waals surface area (Å²) in [7, 11) is 0. The minimum absolute atomic E-state index is 0.321. The second kappa shape index (κ2) is 2.88. The standard InChI is InChI=1S/C9H6BrNO2/c10-6-1-3-11-4-2-7(9(12)13)8(11)5-6/h1-5H,(H,12,13). The Morgan fingerprint density at radius 1 is 1.38 bits per heavy atom. The van der Waals surface area contributed by atoms with Crippen molar-refractivity contribution in [1.29, 1.82) is 0 Å². The number of halogens is 1. The van der Waals surface area contributed by atoms with Gasteiger partial charge in [-0.1, -0.05) is 15.9 Å². The van der Waals surface area contributed by atoms with Crippen LogP contribution < -0.4 is 0 Å². The van der Waals surface area contributed by atoms with Crippen molar-refractivity contribution in [2.24, 2.45) is 0 Å². The molecule has 2 aromatic rings. The van der Waals surface area contributed by atoms with Crippen molar-refractivity contribution in [3.05, 3.63) is 40.6 Å². The van der Waals surface area contributed by atoms with Gasteiger partial charge in [0.2, 0.25) is 0 Å². The molecule has 66 valence electrons. The molecule has 0 aliphatic heterocycles. The Bertz CT molecular complexity index is 475. The summed E-state index contributed by atoms with van der Waals surface area (Å²) in [6.45, 7) is 0. The Balaban J connectivity index is 2.79. The Hall–Kier alpha value is -1.29. The second-order valence-corrected chi connectivity index (χ2v) is 3.59. The van der Waals surface area contributed by atoms with Gasteiger partial charge < -0.3 is 9.51 Å². The van der Waals surface area contributed by atoms with Crippen LogP contribution in [-0.2, 0) is 0 Å². The van der Waals surface area contributed by atoms with Crippen molar-refractivity contribution in [2.45, 2.75) is 0 Å². The van der Waals surface area contributed by atoms with Gasteiger partial charge in [-0.05, 0) is 18.2 Å². The van der Waals surface area contributed by atoms with Crippen LogP contribution in [0.5, 0.6) is 0 Å². The maximum absolute atomic E-state index is 10.8. The van der Waals surface area contributed by atoms with Crippen LogP contribution >= 0.6 is 15.9 Å². The lowest BCUT2D eigenvalue weighted by Gasteiger charge is -1.96. The first kappa shape index (κ1) is 8.31. The number of carboxylic acids is 1. The molecular formula is C9H6BrNO2. The maximum atomic E-state index is 10.8. The molecule has 0 aliphatic carbocycles. The molecular weight excluding hydrogens is 234 g/mol. The van der Waals surface area contributed by atoms with Crippen LogP contribution in [0.4, 0.5) is 0 Å². The summed E-state index contributed by atoms with van der Waals surface area (Å²) < 4.78 is 2.65. The molecule has 4 heteroatoms. The molecule has 0 aliphatic rings. The molecule has 2 aromatic heterocycles. The van der Waals surface area contributed by atoms with Crippen LogP contribution in [0.15, 0.2) is 35.1 Å². The fourth-order valence-corrected chi connectivity index (χ4v) is 1.59. The molecule has 1 N–H and O–H groups in total. The molecule has 0 radical (unpaired) electrons. The molecule has 0 fully saturated rings. The van der Waals surface area contributed by atoms with Crippen molar-refractivity contribution in [3.8, 4) is 0 Å². The third-order valence-corrected chi connectivity index (χ3v) is 2.35. The maximum Gasteiger partial charge on any atom is 0.337 e. The fraction of sp³-hybridized carbons (Fsp3) is 0. The zero-order valence-electron chi connectivity index (χ0n) is 6.57. The minimum atomic E-state index is -0.902. The first-order chi connectivity index (χ1) is 6.18. The third kappa shape index (κ3) is 1.33. The van der Waals surface area contributed by atoms with Crippen LogP contribution in [0.2, 0.25) is 0 Å². The Kier molecular flexibility index (Phi) is 1.84. The van der Waals surface area contributed by atoms with E-state index >= 15 is 0 Å². The van der Waals surface area contributed by atoms with Gasteiger partial charge in [0.1, 0.15) is 0 Å². The average molecular weight is 240 g/mol. The monoisotopic (exact) mass is 239 g/mol. The van der Waals surface area contributed by atoms with Crippen LogP contribution in [-0.4, -0.2) is 15.5 Å². The molecule has 0 amide bonds. The quantitative estimate of drug-likeness (QED) is 0.831. The van der Waals surface area contributed by atoms with Gasteiger partial charge in [-0.15, -0.1) is 0 Å². The van der Waals surface area contributed by atoms with E-state index in [9.17, 15) is 4.79 Å². The predicted octanol–water partition coefficient (Wildman–Crippen LogP) is 2.40. The molecule has 2 rings (SSSR count). The van der Waals surface area contributed by atoms with E-state index in [4.69, 9.17) is 5.11 Å². The van der Waals surface area contributed by atoms with Gasteiger partial charge in [-0.2, -0.15) is 0 Å². The summed E-state index contributed by atoms with van der Waals surface area (Å²) in [4.78, 5) is 10.8. The SMILES string of the molecule is O=C(O)c1ccn2ccc(Br)cc12.